The zero-order valence-corrected chi connectivity index (χ0v) is 19.7. The van der Waals surface area contributed by atoms with Crippen molar-refractivity contribution in [2.45, 2.75) is 33.8 Å². The van der Waals surface area contributed by atoms with E-state index in [-0.39, 0.29) is 24.7 Å². The lowest BCUT2D eigenvalue weighted by Gasteiger charge is -2.13. The molecule has 1 N–H and O–H groups in total. The number of hydrogen-bond donors (Lipinski definition) is 1. The number of aromatic nitrogens is 2. The summed E-state index contributed by atoms with van der Waals surface area (Å²) < 4.78 is 17.3. The summed E-state index contributed by atoms with van der Waals surface area (Å²) in [7, 11) is 0. The van der Waals surface area contributed by atoms with E-state index in [2.05, 4.69) is 10.3 Å². The summed E-state index contributed by atoms with van der Waals surface area (Å²) in [5.74, 6) is 0.242. The Morgan fingerprint density at radius 2 is 1.89 bits per heavy atom. The second kappa shape index (κ2) is 10.3. The predicted octanol–water partition coefficient (Wildman–Crippen LogP) is 3.84. The van der Waals surface area contributed by atoms with E-state index in [0.29, 0.717) is 28.5 Å². The molecule has 4 aromatic rings. The Morgan fingerprint density at radius 3 is 2.69 bits per heavy atom. The van der Waals surface area contributed by atoms with Crippen LogP contribution in [0.15, 0.2) is 63.9 Å². The van der Waals surface area contributed by atoms with Gasteiger partial charge >= 0.3 is 5.97 Å². The molecule has 9 nitrogen and oxygen atoms in total. The maximum absolute atomic E-state index is 12.6. The average molecular weight is 476 g/mol. The van der Waals surface area contributed by atoms with E-state index in [0.717, 1.165) is 22.1 Å². The lowest BCUT2D eigenvalue weighted by molar-refractivity contribution is -0.118. The summed E-state index contributed by atoms with van der Waals surface area (Å²) >= 11 is 0. The average Bonchev–Trinajstić information content (AvgIpc) is 3.23. The highest BCUT2D eigenvalue weighted by atomic mass is 16.5. The highest BCUT2D eigenvalue weighted by Gasteiger charge is 2.14. The quantitative estimate of drug-likeness (QED) is 0.385. The first-order valence-electron chi connectivity index (χ1n) is 11.1. The molecule has 2 heterocycles. The molecule has 2 aromatic carbocycles. The Morgan fingerprint density at radius 1 is 1.09 bits per heavy atom. The number of amides is 1. The number of rotatable bonds is 8. The van der Waals surface area contributed by atoms with Crippen LogP contribution in [0.5, 0.6) is 5.75 Å². The van der Waals surface area contributed by atoms with Gasteiger partial charge in [0.2, 0.25) is 0 Å². The maximum Gasteiger partial charge on any atom is 0.338 e. The molecule has 4 rings (SSSR count). The molecule has 0 saturated carbocycles. The third kappa shape index (κ3) is 5.57. The van der Waals surface area contributed by atoms with Crippen molar-refractivity contribution in [3.63, 3.8) is 0 Å². The van der Waals surface area contributed by atoms with Gasteiger partial charge in [-0.3, -0.25) is 9.59 Å². The first-order chi connectivity index (χ1) is 16.8. The van der Waals surface area contributed by atoms with Gasteiger partial charge in [-0.1, -0.05) is 31.2 Å². The number of hydrogen-bond acceptors (Lipinski definition) is 7. The first-order valence-corrected chi connectivity index (χ1v) is 11.1. The Bertz CT molecular complexity index is 1450. The third-order valence-electron chi connectivity index (χ3n) is 5.33. The molecule has 0 radical (unpaired) electrons. The van der Waals surface area contributed by atoms with Crippen molar-refractivity contribution < 1.29 is 23.6 Å². The lowest BCUT2D eigenvalue weighted by Crippen LogP contribution is -2.21. The van der Waals surface area contributed by atoms with Gasteiger partial charge in [0, 0.05) is 17.8 Å². The number of benzene rings is 2. The zero-order valence-electron chi connectivity index (χ0n) is 19.7. The van der Waals surface area contributed by atoms with E-state index in [1.807, 2.05) is 38.1 Å². The summed E-state index contributed by atoms with van der Waals surface area (Å²) in [6, 6.07) is 15.3. The Labute approximate surface area is 201 Å². The first kappa shape index (κ1) is 23.7. The van der Waals surface area contributed by atoms with Crippen molar-refractivity contribution in [2.75, 3.05) is 11.9 Å². The van der Waals surface area contributed by atoms with Crippen molar-refractivity contribution in [2.24, 2.45) is 0 Å². The molecular weight excluding hydrogens is 450 g/mol. The van der Waals surface area contributed by atoms with Crippen LogP contribution in [0.3, 0.4) is 0 Å². The number of aryl methyl sites for hydroxylation is 3. The van der Waals surface area contributed by atoms with Gasteiger partial charge in [-0.05, 0) is 49.6 Å². The number of nitrogens with zero attached hydrogens (tertiary/aromatic N) is 2. The normalized spacial score (nSPS) is 10.8. The number of esters is 1. The molecule has 35 heavy (non-hydrogen) atoms. The van der Waals surface area contributed by atoms with Crippen LogP contribution in [-0.4, -0.2) is 28.0 Å². The standard InChI is InChI=1S/C26H25N3O6/c1-4-18-7-5-6-8-22(18)33-15-24(30)28-21-12-19(10-9-16(21)2)26(32)34-14-20-13-25(31)29-23(27-20)11-17(3)35-29/h5-13H,4,14-15H2,1-3H3,(H,28,30). The third-order valence-corrected chi connectivity index (χ3v) is 5.33. The van der Waals surface area contributed by atoms with Gasteiger partial charge in [0.15, 0.2) is 12.3 Å². The molecule has 2 aromatic heterocycles. The fourth-order valence-corrected chi connectivity index (χ4v) is 3.52. The summed E-state index contributed by atoms with van der Waals surface area (Å²) in [4.78, 5) is 41.5. The molecule has 1 amide bonds. The van der Waals surface area contributed by atoms with E-state index in [1.54, 1.807) is 31.2 Å². The van der Waals surface area contributed by atoms with Crippen LogP contribution in [-0.2, 0) is 22.6 Å². The van der Waals surface area contributed by atoms with E-state index in [1.165, 1.54) is 6.07 Å². The summed E-state index contributed by atoms with van der Waals surface area (Å²) in [6.07, 6.45) is 0.793. The molecule has 0 aliphatic carbocycles. The number of fused-ring (bicyclic) bond motifs is 1. The highest BCUT2D eigenvalue weighted by molar-refractivity contribution is 5.96. The number of anilines is 1. The minimum Gasteiger partial charge on any atom is -0.483 e. The molecular formula is C26H25N3O6. The van der Waals surface area contributed by atoms with Crippen LogP contribution >= 0.6 is 0 Å². The zero-order chi connectivity index (χ0) is 24.9. The molecule has 0 unspecified atom stereocenters. The SMILES string of the molecule is CCc1ccccc1OCC(=O)Nc1cc(C(=O)OCc2cc(=O)n3oc(C)cc3n2)ccc1C. The smallest absolute Gasteiger partial charge is 0.338 e. The highest BCUT2D eigenvalue weighted by Crippen LogP contribution is 2.20. The summed E-state index contributed by atoms with van der Waals surface area (Å²) in [6.45, 7) is 5.19. The van der Waals surface area contributed by atoms with Crippen molar-refractivity contribution in [1.29, 1.82) is 0 Å². The van der Waals surface area contributed by atoms with Crippen molar-refractivity contribution in [3.05, 3.63) is 93.1 Å². The van der Waals surface area contributed by atoms with Crippen LogP contribution in [0.4, 0.5) is 5.69 Å². The second-order valence-electron chi connectivity index (χ2n) is 7.99. The topological polar surface area (TPSA) is 112 Å². The van der Waals surface area contributed by atoms with Gasteiger partial charge in [0.1, 0.15) is 18.1 Å². The van der Waals surface area contributed by atoms with Gasteiger partial charge in [-0.2, -0.15) is 0 Å². The second-order valence-corrected chi connectivity index (χ2v) is 7.99. The minimum absolute atomic E-state index is 0.164. The predicted molar refractivity (Wildman–Crippen MR) is 129 cm³/mol. The maximum atomic E-state index is 12.6. The van der Waals surface area contributed by atoms with Crippen LogP contribution in [0.1, 0.15) is 39.9 Å². The van der Waals surface area contributed by atoms with E-state index in [9.17, 15) is 14.4 Å². The van der Waals surface area contributed by atoms with Gasteiger partial charge in [0.05, 0.1) is 11.3 Å². The fourth-order valence-electron chi connectivity index (χ4n) is 3.52. The van der Waals surface area contributed by atoms with Crippen molar-refractivity contribution in [1.82, 2.24) is 9.56 Å². The van der Waals surface area contributed by atoms with Gasteiger partial charge in [-0.25, -0.2) is 9.78 Å². The minimum atomic E-state index is -0.612. The van der Waals surface area contributed by atoms with E-state index >= 15 is 0 Å². The largest absolute Gasteiger partial charge is 0.483 e. The van der Waals surface area contributed by atoms with Gasteiger partial charge in [-0.15, -0.1) is 4.57 Å². The number of para-hydroxylation sites is 1. The van der Waals surface area contributed by atoms with Crippen LogP contribution in [0.2, 0.25) is 0 Å². The Hall–Kier alpha value is -4.40. The van der Waals surface area contributed by atoms with E-state index < -0.39 is 11.5 Å². The Kier molecular flexibility index (Phi) is 6.96. The van der Waals surface area contributed by atoms with Crippen LogP contribution in [0, 0.1) is 13.8 Å². The molecule has 0 aliphatic rings. The molecule has 0 spiro atoms. The van der Waals surface area contributed by atoms with E-state index in [4.69, 9.17) is 14.0 Å². The number of carbonyl (C=O) groups excluding carboxylic acids is 2. The van der Waals surface area contributed by atoms with Crippen LogP contribution in [0.25, 0.3) is 5.65 Å². The number of ether oxygens (including phenoxy) is 2. The van der Waals surface area contributed by atoms with Crippen molar-refractivity contribution >= 4 is 23.2 Å². The monoisotopic (exact) mass is 475 g/mol. The molecule has 0 fully saturated rings. The Balaban J connectivity index is 1.39. The molecule has 180 valence electrons. The lowest BCUT2D eigenvalue weighted by atomic mass is 10.1. The number of carbonyl (C=O) groups is 2. The molecule has 9 heteroatoms. The van der Waals surface area contributed by atoms with Gasteiger partial charge < -0.3 is 19.3 Å². The van der Waals surface area contributed by atoms with Crippen molar-refractivity contribution in [3.8, 4) is 5.75 Å². The molecule has 0 atom stereocenters. The number of nitrogens with one attached hydrogen (secondary N) is 1. The fraction of sp³-hybridized carbons (Fsp3) is 0.231. The molecule has 0 saturated heterocycles. The van der Waals surface area contributed by atoms with Gasteiger partial charge in [0.25, 0.3) is 11.5 Å². The molecule has 0 bridgehead atoms. The molecule has 0 aliphatic heterocycles. The van der Waals surface area contributed by atoms with Crippen LogP contribution < -0.4 is 15.6 Å². The summed E-state index contributed by atoms with van der Waals surface area (Å²) in [5, 5.41) is 2.78. The summed E-state index contributed by atoms with van der Waals surface area (Å²) in [5.41, 5.74) is 2.75.